The molecule has 1 rings (SSSR count). The minimum Gasteiger partial charge on any atom is -0.377 e. The third-order valence-electron chi connectivity index (χ3n) is 4.32. The monoisotopic (exact) mass is 289 g/mol. The second kappa shape index (κ2) is 7.19. The van der Waals surface area contributed by atoms with Gasteiger partial charge >= 0.3 is 0 Å². The summed E-state index contributed by atoms with van der Waals surface area (Å²) < 4.78 is 17.3. The average molecular weight is 289 g/mol. The molecule has 4 heteroatoms. The molecular weight excluding hydrogens is 258 g/mol. The standard InChI is InChI=1S/C15H31NO2S/c1-11(2)10-18-14-9-13(15(14,4)5)16-8-7-12(3)19(6)17/h11-14,16H,7-10H2,1-6H3. The van der Waals surface area contributed by atoms with E-state index in [9.17, 15) is 4.21 Å². The maximum atomic E-state index is 11.3. The summed E-state index contributed by atoms with van der Waals surface area (Å²) in [6.07, 6.45) is 4.25. The average Bonchev–Trinajstić information content (AvgIpc) is 2.30. The third kappa shape index (κ3) is 4.83. The molecule has 0 aromatic carbocycles. The van der Waals surface area contributed by atoms with Crippen molar-refractivity contribution in [2.75, 3.05) is 19.4 Å². The zero-order valence-corrected chi connectivity index (χ0v) is 14.2. The maximum absolute atomic E-state index is 11.3. The van der Waals surface area contributed by atoms with Crippen molar-refractivity contribution in [3.05, 3.63) is 0 Å². The molecule has 4 atom stereocenters. The van der Waals surface area contributed by atoms with Crippen molar-refractivity contribution in [1.82, 2.24) is 5.32 Å². The van der Waals surface area contributed by atoms with Crippen LogP contribution in [0.1, 0.15) is 47.5 Å². The Morgan fingerprint density at radius 1 is 1.37 bits per heavy atom. The molecule has 0 amide bonds. The van der Waals surface area contributed by atoms with Gasteiger partial charge in [-0.15, -0.1) is 0 Å². The molecule has 0 radical (unpaired) electrons. The molecule has 1 aliphatic carbocycles. The third-order valence-corrected chi connectivity index (χ3v) is 5.69. The van der Waals surface area contributed by atoms with Gasteiger partial charge in [0.2, 0.25) is 0 Å². The van der Waals surface area contributed by atoms with Gasteiger partial charge < -0.3 is 10.1 Å². The second-order valence-corrected chi connectivity index (χ2v) is 8.68. The molecule has 0 heterocycles. The van der Waals surface area contributed by atoms with E-state index >= 15 is 0 Å². The molecule has 114 valence electrons. The summed E-state index contributed by atoms with van der Waals surface area (Å²) in [4.78, 5) is 0. The van der Waals surface area contributed by atoms with Gasteiger partial charge in [-0.25, -0.2) is 0 Å². The SMILES string of the molecule is CC(C)COC1CC(NCCC(C)S(C)=O)C1(C)C. The van der Waals surface area contributed by atoms with Crippen LogP contribution >= 0.6 is 0 Å². The zero-order valence-electron chi connectivity index (χ0n) is 13.4. The van der Waals surface area contributed by atoms with Crippen molar-refractivity contribution in [3.8, 4) is 0 Å². The highest BCUT2D eigenvalue weighted by molar-refractivity contribution is 7.84. The Morgan fingerprint density at radius 2 is 2.00 bits per heavy atom. The van der Waals surface area contributed by atoms with Gasteiger partial charge in [0.15, 0.2) is 0 Å². The molecule has 0 aliphatic heterocycles. The molecule has 1 N–H and O–H groups in total. The van der Waals surface area contributed by atoms with Crippen molar-refractivity contribution in [3.63, 3.8) is 0 Å². The molecule has 0 bridgehead atoms. The van der Waals surface area contributed by atoms with Gasteiger partial charge in [-0.1, -0.05) is 34.6 Å². The lowest BCUT2D eigenvalue weighted by Gasteiger charge is -2.52. The molecule has 0 aromatic rings. The van der Waals surface area contributed by atoms with Gasteiger partial charge in [-0.05, 0) is 25.3 Å². The van der Waals surface area contributed by atoms with E-state index in [1.54, 1.807) is 6.26 Å². The lowest BCUT2D eigenvalue weighted by atomic mass is 9.64. The van der Waals surface area contributed by atoms with E-state index < -0.39 is 10.8 Å². The van der Waals surface area contributed by atoms with E-state index in [0.717, 1.165) is 26.0 Å². The van der Waals surface area contributed by atoms with Crippen LogP contribution in [-0.2, 0) is 15.5 Å². The van der Waals surface area contributed by atoms with Crippen LogP contribution in [-0.4, -0.2) is 41.0 Å². The van der Waals surface area contributed by atoms with E-state index in [4.69, 9.17) is 4.74 Å². The van der Waals surface area contributed by atoms with Gasteiger partial charge in [0.1, 0.15) is 0 Å². The molecule has 4 unspecified atom stereocenters. The first-order valence-electron chi connectivity index (χ1n) is 7.42. The summed E-state index contributed by atoms with van der Waals surface area (Å²) in [7, 11) is -0.708. The number of hydrogen-bond donors (Lipinski definition) is 1. The first-order chi connectivity index (χ1) is 8.75. The molecule has 0 spiro atoms. The van der Waals surface area contributed by atoms with E-state index in [1.165, 1.54) is 0 Å². The normalized spacial score (nSPS) is 29.0. The van der Waals surface area contributed by atoms with E-state index in [2.05, 4.69) is 39.9 Å². The van der Waals surface area contributed by atoms with Crippen LogP contribution in [0.25, 0.3) is 0 Å². The number of nitrogens with one attached hydrogen (secondary N) is 1. The molecule has 3 nitrogen and oxygen atoms in total. The Labute approximate surface area is 121 Å². The number of hydrogen-bond acceptors (Lipinski definition) is 3. The molecule has 1 fully saturated rings. The summed E-state index contributed by atoms with van der Waals surface area (Å²) in [5.74, 6) is 0.600. The Balaban J connectivity index is 2.25. The maximum Gasteiger partial charge on any atom is 0.0656 e. The fourth-order valence-electron chi connectivity index (χ4n) is 2.45. The van der Waals surface area contributed by atoms with Gasteiger partial charge in [-0.3, -0.25) is 4.21 Å². The zero-order chi connectivity index (χ0) is 14.6. The van der Waals surface area contributed by atoms with Gasteiger partial charge in [0, 0.05) is 40.4 Å². The van der Waals surface area contributed by atoms with Crippen molar-refractivity contribution in [2.24, 2.45) is 11.3 Å². The fourth-order valence-corrected chi connectivity index (χ4v) is 2.90. The van der Waals surface area contributed by atoms with E-state index in [-0.39, 0.29) is 10.7 Å². The van der Waals surface area contributed by atoms with Crippen LogP contribution < -0.4 is 5.32 Å². The van der Waals surface area contributed by atoms with Gasteiger partial charge in [-0.2, -0.15) is 0 Å². The fraction of sp³-hybridized carbons (Fsp3) is 1.00. The lowest BCUT2D eigenvalue weighted by Crippen LogP contribution is -2.61. The van der Waals surface area contributed by atoms with Crippen LogP contribution in [0.15, 0.2) is 0 Å². The Kier molecular flexibility index (Phi) is 6.48. The molecule has 1 aliphatic rings. The van der Waals surface area contributed by atoms with Crippen LogP contribution in [0.5, 0.6) is 0 Å². The molecule has 1 saturated carbocycles. The van der Waals surface area contributed by atoms with Crippen molar-refractivity contribution in [2.45, 2.75) is 64.9 Å². The van der Waals surface area contributed by atoms with Crippen LogP contribution in [0, 0.1) is 11.3 Å². The molecule has 0 aromatic heterocycles. The minimum absolute atomic E-state index is 0.212. The first kappa shape index (κ1) is 17.1. The molecule has 0 saturated heterocycles. The largest absolute Gasteiger partial charge is 0.377 e. The number of ether oxygens (including phenoxy) is 1. The topological polar surface area (TPSA) is 38.3 Å². The summed E-state index contributed by atoms with van der Waals surface area (Å²) in [6.45, 7) is 12.8. The van der Waals surface area contributed by atoms with E-state index in [0.29, 0.717) is 18.1 Å². The summed E-state index contributed by atoms with van der Waals surface area (Å²) in [5.41, 5.74) is 0.212. The predicted molar refractivity (Wildman–Crippen MR) is 82.9 cm³/mol. The van der Waals surface area contributed by atoms with Crippen LogP contribution in [0.3, 0.4) is 0 Å². The first-order valence-corrected chi connectivity index (χ1v) is 9.04. The second-order valence-electron chi connectivity index (χ2n) is 6.88. The predicted octanol–water partition coefficient (Wildman–Crippen LogP) is 2.57. The summed E-state index contributed by atoms with van der Waals surface area (Å²) in [6, 6.07) is 0.530. The van der Waals surface area contributed by atoms with Crippen LogP contribution in [0.4, 0.5) is 0 Å². The van der Waals surface area contributed by atoms with Crippen molar-refractivity contribution in [1.29, 1.82) is 0 Å². The Bertz CT molecular complexity index is 305. The highest BCUT2D eigenvalue weighted by Crippen LogP contribution is 2.42. The van der Waals surface area contributed by atoms with Crippen molar-refractivity contribution < 1.29 is 8.95 Å². The summed E-state index contributed by atoms with van der Waals surface area (Å²) in [5, 5.41) is 3.88. The minimum atomic E-state index is -0.708. The van der Waals surface area contributed by atoms with Crippen molar-refractivity contribution >= 4 is 10.8 Å². The number of rotatable bonds is 8. The Morgan fingerprint density at radius 3 is 2.47 bits per heavy atom. The molecule has 19 heavy (non-hydrogen) atoms. The highest BCUT2D eigenvalue weighted by atomic mass is 32.2. The Hall–Kier alpha value is 0.0700. The highest BCUT2D eigenvalue weighted by Gasteiger charge is 2.48. The van der Waals surface area contributed by atoms with Crippen LogP contribution in [0.2, 0.25) is 0 Å². The summed E-state index contributed by atoms with van der Waals surface area (Å²) >= 11 is 0. The molecular formula is C15H31NO2S. The smallest absolute Gasteiger partial charge is 0.0656 e. The van der Waals surface area contributed by atoms with E-state index in [1.807, 2.05) is 0 Å². The van der Waals surface area contributed by atoms with Gasteiger partial charge in [0.05, 0.1) is 6.10 Å². The lowest BCUT2D eigenvalue weighted by molar-refractivity contribution is -0.123. The quantitative estimate of drug-likeness (QED) is 0.746. The van der Waals surface area contributed by atoms with Gasteiger partial charge in [0.25, 0.3) is 0 Å².